The number of benzene rings is 1. The van der Waals surface area contributed by atoms with E-state index in [1.54, 1.807) is 6.92 Å². The van der Waals surface area contributed by atoms with Crippen LogP contribution in [0.15, 0.2) is 24.3 Å². The van der Waals surface area contributed by atoms with E-state index in [0.717, 1.165) is 12.1 Å². The van der Waals surface area contributed by atoms with Gasteiger partial charge in [0.1, 0.15) is 0 Å². The number of nitrogens with one attached hydrogen (secondary N) is 1. The van der Waals surface area contributed by atoms with Crippen molar-refractivity contribution in [1.82, 2.24) is 5.32 Å². The van der Waals surface area contributed by atoms with E-state index in [1.165, 1.54) is 19.2 Å². The van der Waals surface area contributed by atoms with E-state index < -0.39 is 27.6 Å². The van der Waals surface area contributed by atoms with Crippen LogP contribution in [0.25, 0.3) is 0 Å². The summed E-state index contributed by atoms with van der Waals surface area (Å²) in [7, 11) is -1.75. The molecule has 1 rings (SSSR count). The lowest BCUT2D eigenvalue weighted by molar-refractivity contribution is -0.137. The highest BCUT2D eigenvalue weighted by molar-refractivity contribution is 7.91. The first-order valence-electron chi connectivity index (χ1n) is 6.24. The fourth-order valence-electron chi connectivity index (χ4n) is 1.93. The summed E-state index contributed by atoms with van der Waals surface area (Å²) in [6.07, 6.45) is -3.95. The van der Waals surface area contributed by atoms with Gasteiger partial charge in [0.25, 0.3) is 0 Å². The van der Waals surface area contributed by atoms with Crippen molar-refractivity contribution in [3.05, 3.63) is 35.4 Å². The van der Waals surface area contributed by atoms with Gasteiger partial charge in [-0.3, -0.25) is 0 Å². The molecule has 3 nitrogen and oxygen atoms in total. The number of sulfone groups is 1. The number of rotatable bonds is 6. The van der Waals surface area contributed by atoms with Crippen molar-refractivity contribution >= 4 is 9.84 Å². The van der Waals surface area contributed by atoms with Crippen LogP contribution in [0.3, 0.4) is 0 Å². The highest BCUT2D eigenvalue weighted by atomic mass is 32.2. The van der Waals surface area contributed by atoms with Crippen molar-refractivity contribution in [2.45, 2.75) is 25.6 Å². The summed E-state index contributed by atoms with van der Waals surface area (Å²) in [5.74, 6) is -0.178. The Balaban J connectivity index is 3.02. The maximum Gasteiger partial charge on any atom is 0.416 e. The first-order chi connectivity index (χ1) is 9.19. The van der Waals surface area contributed by atoms with Crippen LogP contribution in [-0.2, 0) is 16.0 Å². The molecule has 1 atom stereocenters. The summed E-state index contributed by atoms with van der Waals surface area (Å²) in [5.41, 5.74) is -0.454. The summed E-state index contributed by atoms with van der Waals surface area (Å²) in [5, 5.41) is 2.77. The van der Waals surface area contributed by atoms with Crippen molar-refractivity contribution in [1.29, 1.82) is 0 Å². The summed E-state index contributed by atoms with van der Waals surface area (Å²) in [6.45, 7) is 1.75. The molecule has 1 aromatic carbocycles. The lowest BCUT2D eigenvalue weighted by atomic mass is 10.1. The van der Waals surface area contributed by atoms with Gasteiger partial charge in [0.05, 0.1) is 11.3 Å². The third-order valence-electron chi connectivity index (χ3n) is 2.90. The van der Waals surface area contributed by atoms with Crippen molar-refractivity contribution in [2.75, 3.05) is 18.6 Å². The van der Waals surface area contributed by atoms with Crippen LogP contribution >= 0.6 is 0 Å². The molecule has 20 heavy (non-hydrogen) atoms. The van der Waals surface area contributed by atoms with Crippen LogP contribution in [-0.4, -0.2) is 27.0 Å². The van der Waals surface area contributed by atoms with Crippen LogP contribution in [0.2, 0.25) is 0 Å². The van der Waals surface area contributed by atoms with Crippen LogP contribution in [0.5, 0.6) is 0 Å². The summed E-state index contributed by atoms with van der Waals surface area (Å²) >= 11 is 0. The molecule has 0 amide bonds. The number of hydrogen-bond acceptors (Lipinski definition) is 3. The molecule has 0 aliphatic heterocycles. The first kappa shape index (κ1) is 17.0. The van der Waals surface area contributed by atoms with Crippen LogP contribution in [0, 0.1) is 0 Å². The average Bonchev–Trinajstić information content (AvgIpc) is 2.35. The second-order valence-electron chi connectivity index (χ2n) is 4.58. The lowest BCUT2D eigenvalue weighted by Crippen LogP contribution is -2.26. The summed E-state index contributed by atoms with van der Waals surface area (Å²) in [6, 6.07) is 4.10. The van der Waals surface area contributed by atoms with Gasteiger partial charge in [-0.1, -0.05) is 19.1 Å². The third-order valence-corrected chi connectivity index (χ3v) is 4.77. The van der Waals surface area contributed by atoms with Gasteiger partial charge >= 0.3 is 6.18 Å². The average molecular weight is 309 g/mol. The van der Waals surface area contributed by atoms with Crippen molar-refractivity contribution in [3.8, 4) is 0 Å². The van der Waals surface area contributed by atoms with Gasteiger partial charge in [0.2, 0.25) is 0 Å². The largest absolute Gasteiger partial charge is 0.416 e. The fourth-order valence-corrected chi connectivity index (χ4v) is 3.58. The number of hydrogen-bond donors (Lipinski definition) is 1. The first-order valence-corrected chi connectivity index (χ1v) is 8.06. The number of halogens is 3. The van der Waals surface area contributed by atoms with E-state index in [9.17, 15) is 21.6 Å². The Morgan fingerprint density at radius 1 is 1.30 bits per heavy atom. The maximum absolute atomic E-state index is 12.7. The minimum atomic E-state index is -4.43. The highest BCUT2D eigenvalue weighted by Crippen LogP contribution is 2.31. The fraction of sp³-hybridized carbons (Fsp3) is 0.538. The Morgan fingerprint density at radius 3 is 2.45 bits per heavy atom. The van der Waals surface area contributed by atoms with Crippen LogP contribution in [0.1, 0.15) is 30.5 Å². The highest BCUT2D eigenvalue weighted by Gasteiger charge is 2.31. The molecule has 0 heterocycles. The molecule has 1 unspecified atom stereocenters. The second-order valence-corrected chi connectivity index (χ2v) is 6.81. The normalized spacial score (nSPS) is 14.2. The molecule has 0 saturated carbocycles. The predicted octanol–water partition coefficient (Wildman–Crippen LogP) is 2.79. The van der Waals surface area contributed by atoms with Gasteiger partial charge in [-0.25, -0.2) is 8.42 Å². The standard InChI is InChI=1S/C13H18F3NO2S/c1-3-7-20(18,19)9-12(17-2)10-5-4-6-11(8-10)13(14,15)16/h4-6,8,12,17H,3,7,9H2,1-2H3. The molecule has 1 aromatic rings. The molecule has 0 aliphatic carbocycles. The van der Waals surface area contributed by atoms with E-state index in [0.29, 0.717) is 12.0 Å². The van der Waals surface area contributed by atoms with Crippen molar-refractivity contribution in [3.63, 3.8) is 0 Å². The Hall–Kier alpha value is -1.08. The molecule has 0 aromatic heterocycles. The Kier molecular flexibility index (Phi) is 5.59. The predicted molar refractivity (Wildman–Crippen MR) is 72.2 cm³/mol. The van der Waals surface area contributed by atoms with E-state index in [4.69, 9.17) is 0 Å². The zero-order valence-electron chi connectivity index (χ0n) is 11.4. The van der Waals surface area contributed by atoms with E-state index >= 15 is 0 Å². The molecule has 0 radical (unpaired) electrons. The smallest absolute Gasteiger partial charge is 0.312 e. The Bertz CT molecular complexity index is 541. The van der Waals surface area contributed by atoms with Gasteiger partial charge in [0, 0.05) is 11.8 Å². The minimum Gasteiger partial charge on any atom is -0.312 e. The van der Waals surface area contributed by atoms with Gasteiger partial charge in [-0.2, -0.15) is 13.2 Å². The topological polar surface area (TPSA) is 46.2 Å². The molecule has 0 spiro atoms. The van der Waals surface area contributed by atoms with Crippen molar-refractivity contribution in [2.24, 2.45) is 0 Å². The zero-order valence-corrected chi connectivity index (χ0v) is 12.2. The van der Waals surface area contributed by atoms with Gasteiger partial charge in [-0.15, -0.1) is 0 Å². The number of alkyl halides is 3. The molecule has 7 heteroatoms. The lowest BCUT2D eigenvalue weighted by Gasteiger charge is -2.18. The zero-order chi connectivity index (χ0) is 15.4. The van der Waals surface area contributed by atoms with E-state index in [1.807, 2.05) is 0 Å². The Morgan fingerprint density at radius 2 is 1.95 bits per heavy atom. The maximum atomic E-state index is 12.7. The Labute approximate surface area is 117 Å². The monoisotopic (exact) mass is 309 g/mol. The van der Waals surface area contributed by atoms with Gasteiger partial charge in [0.15, 0.2) is 9.84 Å². The molecule has 0 bridgehead atoms. The van der Waals surface area contributed by atoms with Gasteiger partial charge < -0.3 is 5.32 Å². The van der Waals surface area contributed by atoms with Crippen molar-refractivity contribution < 1.29 is 21.6 Å². The molecule has 114 valence electrons. The van der Waals surface area contributed by atoms with E-state index in [2.05, 4.69) is 5.32 Å². The molecular formula is C13H18F3NO2S. The molecule has 0 fully saturated rings. The molecular weight excluding hydrogens is 291 g/mol. The van der Waals surface area contributed by atoms with Crippen LogP contribution < -0.4 is 5.32 Å². The minimum absolute atomic E-state index is 0.0319. The van der Waals surface area contributed by atoms with E-state index in [-0.39, 0.29) is 11.5 Å². The molecule has 0 saturated heterocycles. The molecule has 1 N–H and O–H groups in total. The second kappa shape index (κ2) is 6.58. The quantitative estimate of drug-likeness (QED) is 0.879. The summed E-state index contributed by atoms with van der Waals surface area (Å²) in [4.78, 5) is 0. The SMILES string of the molecule is CCCS(=O)(=O)CC(NC)c1cccc(C(F)(F)F)c1. The molecule has 0 aliphatic rings. The summed E-state index contributed by atoms with van der Waals surface area (Å²) < 4.78 is 61.6. The van der Waals surface area contributed by atoms with Crippen LogP contribution in [0.4, 0.5) is 13.2 Å². The van der Waals surface area contributed by atoms with Gasteiger partial charge in [-0.05, 0) is 31.2 Å². The third kappa shape index (κ3) is 4.79.